The van der Waals surface area contributed by atoms with E-state index < -0.39 is 11.5 Å². The Bertz CT molecular complexity index is 682. The first-order valence-electron chi connectivity index (χ1n) is 5.41. The van der Waals surface area contributed by atoms with Crippen molar-refractivity contribution in [2.75, 3.05) is 5.32 Å². The first kappa shape index (κ1) is 12.6. The highest BCUT2D eigenvalue weighted by molar-refractivity contribution is 5.88. The Balaban J connectivity index is 2.37. The summed E-state index contributed by atoms with van der Waals surface area (Å²) in [7, 11) is 0. The van der Waals surface area contributed by atoms with Gasteiger partial charge in [-0.2, -0.15) is 0 Å². The monoisotopic (exact) mass is 261 g/mol. The van der Waals surface area contributed by atoms with Crippen LogP contribution in [0.1, 0.15) is 17.3 Å². The molecule has 0 bridgehead atoms. The molecular formula is C12H11N3O4. The van der Waals surface area contributed by atoms with Gasteiger partial charge in [-0.25, -0.2) is 9.48 Å². The fourth-order valence-corrected chi connectivity index (χ4v) is 1.59. The van der Waals surface area contributed by atoms with Crippen LogP contribution in [0.5, 0.6) is 0 Å². The van der Waals surface area contributed by atoms with E-state index in [2.05, 4.69) is 10.4 Å². The molecule has 0 unspecified atom stereocenters. The molecule has 0 radical (unpaired) electrons. The number of carboxylic acids is 1. The van der Waals surface area contributed by atoms with E-state index in [4.69, 9.17) is 5.11 Å². The van der Waals surface area contributed by atoms with Gasteiger partial charge in [0.1, 0.15) is 5.69 Å². The van der Waals surface area contributed by atoms with Crippen molar-refractivity contribution >= 4 is 17.6 Å². The van der Waals surface area contributed by atoms with Crippen LogP contribution < -0.4 is 10.9 Å². The van der Waals surface area contributed by atoms with Crippen molar-refractivity contribution in [1.29, 1.82) is 0 Å². The molecule has 0 fully saturated rings. The van der Waals surface area contributed by atoms with Crippen LogP contribution in [0.4, 0.5) is 5.69 Å². The van der Waals surface area contributed by atoms with Crippen LogP contribution in [0.25, 0.3) is 5.69 Å². The van der Waals surface area contributed by atoms with Gasteiger partial charge in [0, 0.05) is 13.1 Å². The number of H-pyrrole nitrogens is 1. The van der Waals surface area contributed by atoms with Gasteiger partial charge in [0.05, 0.1) is 11.3 Å². The summed E-state index contributed by atoms with van der Waals surface area (Å²) < 4.78 is 1.21. The number of anilines is 1. The molecule has 7 heteroatoms. The maximum absolute atomic E-state index is 11.9. The zero-order valence-corrected chi connectivity index (χ0v) is 10.0. The van der Waals surface area contributed by atoms with Gasteiger partial charge in [-0.3, -0.25) is 14.7 Å². The van der Waals surface area contributed by atoms with Crippen molar-refractivity contribution < 1.29 is 14.7 Å². The largest absolute Gasteiger partial charge is 0.478 e. The van der Waals surface area contributed by atoms with Crippen molar-refractivity contribution in [2.45, 2.75) is 6.92 Å². The summed E-state index contributed by atoms with van der Waals surface area (Å²) in [5.41, 5.74) is 0.324. The third kappa shape index (κ3) is 2.54. The van der Waals surface area contributed by atoms with Crippen molar-refractivity contribution in [3.8, 4) is 5.69 Å². The Morgan fingerprint density at radius 2 is 1.89 bits per heavy atom. The maximum Gasteiger partial charge on any atom is 0.335 e. The van der Waals surface area contributed by atoms with Crippen molar-refractivity contribution in [1.82, 2.24) is 9.78 Å². The lowest BCUT2D eigenvalue weighted by Gasteiger charge is -2.01. The second kappa shape index (κ2) is 4.81. The summed E-state index contributed by atoms with van der Waals surface area (Å²) in [6.07, 6.45) is 1.37. The van der Waals surface area contributed by atoms with E-state index in [9.17, 15) is 14.4 Å². The number of carbonyl (C=O) groups is 2. The molecule has 0 aliphatic carbocycles. The highest BCUT2D eigenvalue weighted by atomic mass is 16.4. The van der Waals surface area contributed by atoms with E-state index in [1.165, 1.54) is 42.1 Å². The van der Waals surface area contributed by atoms with Crippen LogP contribution in [-0.4, -0.2) is 26.8 Å². The van der Waals surface area contributed by atoms with Gasteiger partial charge in [0.2, 0.25) is 5.91 Å². The van der Waals surface area contributed by atoms with Crippen molar-refractivity contribution in [3.05, 3.63) is 46.4 Å². The van der Waals surface area contributed by atoms with Crippen LogP contribution in [0, 0.1) is 0 Å². The molecule has 1 amide bonds. The maximum atomic E-state index is 11.9. The summed E-state index contributed by atoms with van der Waals surface area (Å²) >= 11 is 0. The summed E-state index contributed by atoms with van der Waals surface area (Å²) in [5, 5.41) is 13.9. The molecule has 1 aromatic heterocycles. The zero-order chi connectivity index (χ0) is 14.0. The second-order valence-electron chi connectivity index (χ2n) is 3.86. The average molecular weight is 261 g/mol. The van der Waals surface area contributed by atoms with Crippen LogP contribution in [0.15, 0.2) is 35.3 Å². The number of hydrogen-bond donors (Lipinski definition) is 3. The quantitative estimate of drug-likeness (QED) is 0.760. The molecule has 7 nitrogen and oxygen atoms in total. The molecule has 3 N–H and O–H groups in total. The van der Waals surface area contributed by atoms with Gasteiger partial charge < -0.3 is 10.4 Å². The Labute approximate surface area is 107 Å². The van der Waals surface area contributed by atoms with E-state index in [0.717, 1.165) is 0 Å². The Morgan fingerprint density at radius 3 is 2.42 bits per heavy atom. The number of nitrogens with one attached hydrogen (secondary N) is 2. The average Bonchev–Trinajstić information content (AvgIpc) is 2.70. The predicted molar refractivity (Wildman–Crippen MR) is 67.7 cm³/mol. The normalized spacial score (nSPS) is 10.2. The summed E-state index contributed by atoms with van der Waals surface area (Å²) in [5.74, 6) is -1.38. The summed E-state index contributed by atoms with van der Waals surface area (Å²) in [6, 6.07) is 5.78. The third-order valence-electron chi connectivity index (χ3n) is 2.45. The van der Waals surface area contributed by atoms with Gasteiger partial charge in [-0.1, -0.05) is 0 Å². The third-order valence-corrected chi connectivity index (χ3v) is 2.45. The van der Waals surface area contributed by atoms with E-state index >= 15 is 0 Å². The van der Waals surface area contributed by atoms with Gasteiger partial charge in [0.15, 0.2) is 0 Å². The number of aromatic amines is 1. The molecule has 19 heavy (non-hydrogen) atoms. The van der Waals surface area contributed by atoms with E-state index in [-0.39, 0.29) is 17.2 Å². The minimum absolute atomic E-state index is 0.130. The number of aromatic carboxylic acids is 1. The number of benzene rings is 1. The molecule has 98 valence electrons. The second-order valence-corrected chi connectivity index (χ2v) is 3.86. The number of hydrogen-bond acceptors (Lipinski definition) is 3. The molecule has 0 aliphatic rings. The lowest BCUT2D eigenvalue weighted by molar-refractivity contribution is -0.114. The van der Waals surface area contributed by atoms with Gasteiger partial charge in [-0.05, 0) is 24.3 Å². The molecule has 1 aromatic carbocycles. The minimum Gasteiger partial charge on any atom is -0.478 e. The standard InChI is InChI=1S/C12H11N3O4/c1-7(16)14-10-6-13-15(11(10)17)9-4-2-8(3-5-9)12(18)19/h2-6,13H,1H3,(H,14,16)(H,18,19). The molecule has 2 rings (SSSR count). The predicted octanol–water partition coefficient (Wildman–Crippen LogP) is 0.822. The molecule has 0 aliphatic heterocycles. The van der Waals surface area contributed by atoms with Crippen LogP contribution in [-0.2, 0) is 4.79 Å². The Kier molecular flexibility index (Phi) is 3.19. The molecule has 0 saturated heterocycles. The fourth-order valence-electron chi connectivity index (χ4n) is 1.59. The highest BCUT2D eigenvalue weighted by Crippen LogP contribution is 2.08. The number of carbonyl (C=O) groups excluding carboxylic acids is 1. The molecule has 1 heterocycles. The Morgan fingerprint density at radius 1 is 1.26 bits per heavy atom. The lowest BCUT2D eigenvalue weighted by Crippen LogP contribution is -2.19. The number of nitrogens with zero attached hydrogens (tertiary/aromatic N) is 1. The van der Waals surface area contributed by atoms with Crippen LogP contribution in [0.2, 0.25) is 0 Å². The number of rotatable bonds is 3. The highest BCUT2D eigenvalue weighted by Gasteiger charge is 2.09. The van der Waals surface area contributed by atoms with Gasteiger partial charge >= 0.3 is 5.97 Å². The van der Waals surface area contributed by atoms with Crippen LogP contribution in [0.3, 0.4) is 0 Å². The number of amides is 1. The molecule has 0 saturated carbocycles. The molecule has 0 spiro atoms. The number of aromatic nitrogens is 2. The van der Waals surface area contributed by atoms with Crippen molar-refractivity contribution in [3.63, 3.8) is 0 Å². The van der Waals surface area contributed by atoms with Crippen molar-refractivity contribution in [2.24, 2.45) is 0 Å². The molecule has 2 aromatic rings. The van der Waals surface area contributed by atoms with Gasteiger partial charge in [0.25, 0.3) is 5.56 Å². The SMILES string of the molecule is CC(=O)Nc1c[nH]n(-c2ccc(C(=O)O)cc2)c1=O. The smallest absolute Gasteiger partial charge is 0.335 e. The minimum atomic E-state index is -1.04. The van der Waals surface area contributed by atoms with E-state index in [1.807, 2.05) is 0 Å². The molecular weight excluding hydrogens is 250 g/mol. The summed E-state index contributed by atoms with van der Waals surface area (Å²) in [6.45, 7) is 1.30. The first-order valence-corrected chi connectivity index (χ1v) is 5.41. The van der Waals surface area contributed by atoms with E-state index in [1.54, 1.807) is 0 Å². The first-order chi connectivity index (χ1) is 8.99. The van der Waals surface area contributed by atoms with Crippen LogP contribution >= 0.6 is 0 Å². The van der Waals surface area contributed by atoms with E-state index in [0.29, 0.717) is 5.69 Å². The van der Waals surface area contributed by atoms with Gasteiger partial charge in [-0.15, -0.1) is 0 Å². The fraction of sp³-hybridized carbons (Fsp3) is 0.0833. The Hall–Kier alpha value is -2.83. The topological polar surface area (TPSA) is 104 Å². The molecule has 0 atom stereocenters. The number of carboxylic acid groups (broad SMARTS) is 1. The zero-order valence-electron chi connectivity index (χ0n) is 10.0. The summed E-state index contributed by atoms with van der Waals surface area (Å²) in [4.78, 5) is 33.5. The lowest BCUT2D eigenvalue weighted by atomic mass is 10.2.